The SMILES string of the molecule is CCCCCCCCCCCCc1ccc(CN2CCCN=C2N)cc1. The molecule has 0 unspecified atom stereocenters. The van der Waals surface area contributed by atoms with Crippen LogP contribution in [-0.2, 0) is 13.0 Å². The van der Waals surface area contributed by atoms with Crippen molar-refractivity contribution in [1.29, 1.82) is 0 Å². The number of nitrogens with zero attached hydrogens (tertiary/aromatic N) is 2. The highest BCUT2D eigenvalue weighted by molar-refractivity contribution is 5.78. The van der Waals surface area contributed by atoms with Crippen molar-refractivity contribution >= 4 is 5.96 Å². The van der Waals surface area contributed by atoms with Crippen molar-refractivity contribution in [2.75, 3.05) is 13.1 Å². The highest BCUT2D eigenvalue weighted by Gasteiger charge is 2.12. The number of rotatable bonds is 13. The number of hydrogen-bond donors (Lipinski definition) is 1. The number of aryl methyl sites for hydroxylation is 1. The predicted octanol–water partition coefficient (Wildman–Crippen LogP) is 5.67. The third-order valence-corrected chi connectivity index (χ3v) is 5.40. The molecule has 3 heteroatoms. The van der Waals surface area contributed by atoms with Crippen LogP contribution < -0.4 is 5.73 Å². The molecule has 3 nitrogen and oxygen atoms in total. The summed E-state index contributed by atoms with van der Waals surface area (Å²) in [5, 5.41) is 0. The molecule has 2 rings (SSSR count). The van der Waals surface area contributed by atoms with Gasteiger partial charge in [0, 0.05) is 19.6 Å². The molecule has 146 valence electrons. The maximum absolute atomic E-state index is 5.98. The van der Waals surface area contributed by atoms with Crippen molar-refractivity contribution < 1.29 is 0 Å². The Bertz CT molecular complexity index is 507. The predicted molar refractivity (Wildman–Crippen MR) is 114 cm³/mol. The summed E-state index contributed by atoms with van der Waals surface area (Å²) in [6.07, 6.45) is 16.3. The molecule has 0 fully saturated rings. The number of hydrogen-bond acceptors (Lipinski definition) is 3. The maximum Gasteiger partial charge on any atom is 0.191 e. The monoisotopic (exact) mass is 357 g/mol. The van der Waals surface area contributed by atoms with Crippen LogP contribution in [0.3, 0.4) is 0 Å². The summed E-state index contributed by atoms with van der Waals surface area (Å²) in [6, 6.07) is 9.10. The molecule has 0 spiro atoms. The first-order valence-corrected chi connectivity index (χ1v) is 10.9. The zero-order valence-corrected chi connectivity index (χ0v) is 16.9. The number of aliphatic imine (C=N–C) groups is 1. The molecule has 0 radical (unpaired) electrons. The minimum atomic E-state index is 0.700. The van der Waals surface area contributed by atoms with Crippen LogP contribution in [-0.4, -0.2) is 23.9 Å². The number of nitrogens with two attached hydrogens (primary N) is 1. The van der Waals surface area contributed by atoms with Crippen molar-refractivity contribution in [3.05, 3.63) is 35.4 Å². The smallest absolute Gasteiger partial charge is 0.191 e. The summed E-state index contributed by atoms with van der Waals surface area (Å²) in [5.41, 5.74) is 8.78. The molecular weight excluding hydrogens is 318 g/mol. The van der Waals surface area contributed by atoms with Gasteiger partial charge in [0.2, 0.25) is 0 Å². The zero-order valence-electron chi connectivity index (χ0n) is 16.9. The Kier molecular flexibility index (Phi) is 10.2. The third kappa shape index (κ3) is 8.25. The topological polar surface area (TPSA) is 41.6 Å². The van der Waals surface area contributed by atoms with E-state index < -0.39 is 0 Å². The second-order valence-electron chi connectivity index (χ2n) is 7.76. The quantitative estimate of drug-likeness (QED) is 0.462. The van der Waals surface area contributed by atoms with Gasteiger partial charge in [-0.15, -0.1) is 0 Å². The third-order valence-electron chi connectivity index (χ3n) is 5.40. The van der Waals surface area contributed by atoms with Crippen LogP contribution in [0.2, 0.25) is 0 Å². The molecule has 0 saturated carbocycles. The van der Waals surface area contributed by atoms with Gasteiger partial charge in [-0.25, -0.2) is 0 Å². The van der Waals surface area contributed by atoms with E-state index in [0.29, 0.717) is 5.96 Å². The molecule has 0 aliphatic carbocycles. The summed E-state index contributed by atoms with van der Waals surface area (Å²) < 4.78 is 0. The molecular formula is C23H39N3. The summed E-state index contributed by atoms with van der Waals surface area (Å²) >= 11 is 0. The lowest BCUT2D eigenvalue weighted by Crippen LogP contribution is -2.40. The molecule has 0 bridgehead atoms. The van der Waals surface area contributed by atoms with E-state index in [1.165, 1.54) is 81.8 Å². The van der Waals surface area contributed by atoms with E-state index in [-0.39, 0.29) is 0 Å². The van der Waals surface area contributed by atoms with Crippen LogP contribution in [0.15, 0.2) is 29.3 Å². The van der Waals surface area contributed by atoms with Crippen molar-refractivity contribution in [1.82, 2.24) is 4.90 Å². The average molecular weight is 358 g/mol. The fourth-order valence-corrected chi connectivity index (χ4v) is 3.68. The molecule has 1 heterocycles. The lowest BCUT2D eigenvalue weighted by Gasteiger charge is -2.26. The molecule has 2 N–H and O–H groups in total. The van der Waals surface area contributed by atoms with Gasteiger partial charge in [0.15, 0.2) is 5.96 Å². The van der Waals surface area contributed by atoms with Crippen molar-refractivity contribution in [2.45, 2.75) is 90.5 Å². The van der Waals surface area contributed by atoms with Gasteiger partial charge in [0.05, 0.1) is 0 Å². The highest BCUT2D eigenvalue weighted by Crippen LogP contribution is 2.14. The number of unbranched alkanes of at least 4 members (excludes halogenated alkanes) is 9. The Morgan fingerprint density at radius 1 is 0.846 bits per heavy atom. The van der Waals surface area contributed by atoms with Gasteiger partial charge in [0.25, 0.3) is 0 Å². The van der Waals surface area contributed by atoms with Gasteiger partial charge in [-0.3, -0.25) is 4.99 Å². The first kappa shape index (κ1) is 20.8. The van der Waals surface area contributed by atoms with Crippen LogP contribution in [0.25, 0.3) is 0 Å². The summed E-state index contributed by atoms with van der Waals surface area (Å²) in [5.74, 6) is 0.700. The van der Waals surface area contributed by atoms with Crippen molar-refractivity contribution in [2.24, 2.45) is 10.7 Å². The highest BCUT2D eigenvalue weighted by atomic mass is 15.3. The molecule has 1 aliphatic rings. The van der Waals surface area contributed by atoms with E-state index in [4.69, 9.17) is 5.73 Å². The van der Waals surface area contributed by atoms with Gasteiger partial charge in [-0.05, 0) is 30.4 Å². The molecule has 26 heavy (non-hydrogen) atoms. The molecule has 1 aromatic rings. The van der Waals surface area contributed by atoms with Gasteiger partial charge < -0.3 is 10.6 Å². The fraction of sp³-hybridized carbons (Fsp3) is 0.696. The van der Waals surface area contributed by atoms with Crippen molar-refractivity contribution in [3.8, 4) is 0 Å². The lowest BCUT2D eigenvalue weighted by atomic mass is 10.0. The van der Waals surface area contributed by atoms with E-state index in [9.17, 15) is 0 Å². The van der Waals surface area contributed by atoms with Crippen LogP contribution >= 0.6 is 0 Å². The van der Waals surface area contributed by atoms with Gasteiger partial charge in [0.1, 0.15) is 0 Å². The summed E-state index contributed by atoms with van der Waals surface area (Å²) in [6.45, 7) is 5.07. The average Bonchev–Trinajstić information content (AvgIpc) is 2.66. The number of guanidine groups is 1. The molecule has 0 amide bonds. The summed E-state index contributed by atoms with van der Waals surface area (Å²) in [7, 11) is 0. The van der Waals surface area contributed by atoms with E-state index in [1.807, 2.05) is 0 Å². The van der Waals surface area contributed by atoms with Gasteiger partial charge in [-0.2, -0.15) is 0 Å². The standard InChI is InChI=1S/C23H39N3/c1-2-3-4-5-6-7-8-9-10-11-13-21-14-16-22(17-15-21)20-26-19-12-18-25-23(26)24/h14-17H,2-13,18-20H2,1H3,(H2,24,25). The minimum Gasteiger partial charge on any atom is -0.370 e. The number of benzene rings is 1. The zero-order chi connectivity index (χ0) is 18.5. The second kappa shape index (κ2) is 12.8. The lowest BCUT2D eigenvalue weighted by molar-refractivity contribution is 0.383. The Balaban J connectivity index is 1.54. The normalized spacial score (nSPS) is 14.5. The molecule has 1 aromatic carbocycles. The minimum absolute atomic E-state index is 0.700. The van der Waals surface area contributed by atoms with E-state index in [2.05, 4.69) is 41.1 Å². The van der Waals surface area contributed by atoms with Gasteiger partial charge in [-0.1, -0.05) is 89.0 Å². The first-order chi connectivity index (χ1) is 12.8. The largest absolute Gasteiger partial charge is 0.370 e. The maximum atomic E-state index is 5.98. The van der Waals surface area contributed by atoms with E-state index >= 15 is 0 Å². The van der Waals surface area contributed by atoms with Crippen molar-refractivity contribution in [3.63, 3.8) is 0 Å². The van der Waals surface area contributed by atoms with Crippen LogP contribution in [0.5, 0.6) is 0 Å². The Morgan fingerprint density at radius 3 is 2.04 bits per heavy atom. The molecule has 0 atom stereocenters. The van der Waals surface area contributed by atoms with Gasteiger partial charge >= 0.3 is 0 Å². The Labute approximate surface area is 161 Å². The Morgan fingerprint density at radius 2 is 1.42 bits per heavy atom. The fourth-order valence-electron chi connectivity index (χ4n) is 3.68. The second-order valence-corrected chi connectivity index (χ2v) is 7.76. The van der Waals surface area contributed by atoms with E-state index in [1.54, 1.807) is 0 Å². The van der Waals surface area contributed by atoms with Crippen LogP contribution in [0.1, 0.15) is 88.7 Å². The summed E-state index contributed by atoms with van der Waals surface area (Å²) in [4.78, 5) is 6.52. The van der Waals surface area contributed by atoms with Crippen LogP contribution in [0, 0.1) is 0 Å². The molecule has 0 saturated heterocycles. The van der Waals surface area contributed by atoms with Crippen LogP contribution in [0.4, 0.5) is 0 Å². The molecule has 0 aromatic heterocycles. The molecule has 1 aliphatic heterocycles. The Hall–Kier alpha value is -1.51. The first-order valence-electron chi connectivity index (χ1n) is 10.9. The van der Waals surface area contributed by atoms with E-state index in [0.717, 1.165) is 26.1 Å².